The van der Waals surface area contributed by atoms with E-state index in [1.807, 2.05) is 44.2 Å². The van der Waals surface area contributed by atoms with Gasteiger partial charge in [0.05, 0.1) is 23.9 Å². The number of halogens is 1. The molecular formula is C20H21ClN4O2. The molecule has 1 aromatic heterocycles. The number of hydrogen-bond donors (Lipinski definition) is 2. The summed E-state index contributed by atoms with van der Waals surface area (Å²) < 4.78 is 11.0. The van der Waals surface area contributed by atoms with Crippen LogP contribution < -0.4 is 20.1 Å². The number of methoxy groups -OCH3 is 1. The topological polar surface area (TPSA) is 68.3 Å². The van der Waals surface area contributed by atoms with E-state index in [-0.39, 0.29) is 6.10 Å². The van der Waals surface area contributed by atoms with Crippen molar-refractivity contribution in [2.24, 2.45) is 0 Å². The van der Waals surface area contributed by atoms with Gasteiger partial charge in [0.25, 0.3) is 0 Å². The van der Waals surface area contributed by atoms with Crippen molar-refractivity contribution in [2.75, 3.05) is 17.7 Å². The summed E-state index contributed by atoms with van der Waals surface area (Å²) in [5.41, 5.74) is 1.60. The maximum atomic E-state index is 6.16. The number of nitrogens with one attached hydrogen (secondary N) is 2. The van der Waals surface area contributed by atoms with Gasteiger partial charge in [0.15, 0.2) is 0 Å². The standard InChI is InChI=1S/C20H21ClN4O2/c1-13(2)27-18-7-5-4-6-16(18)24-19-10-11-22-20(25-19)23-14-8-9-17(26-3)15(21)12-14/h4-13H,1-3H3,(H2,22,23,24,25). The maximum absolute atomic E-state index is 6.16. The predicted octanol–water partition coefficient (Wildman–Crippen LogP) is 5.41. The van der Waals surface area contributed by atoms with E-state index in [0.717, 1.165) is 17.1 Å². The number of benzene rings is 2. The van der Waals surface area contributed by atoms with E-state index in [4.69, 9.17) is 21.1 Å². The molecule has 3 aromatic rings. The van der Waals surface area contributed by atoms with Crippen LogP contribution in [0.15, 0.2) is 54.7 Å². The van der Waals surface area contributed by atoms with Gasteiger partial charge in [-0.3, -0.25) is 0 Å². The van der Waals surface area contributed by atoms with E-state index in [2.05, 4.69) is 20.6 Å². The molecule has 6 nitrogen and oxygen atoms in total. The molecule has 0 amide bonds. The summed E-state index contributed by atoms with van der Waals surface area (Å²) in [5.74, 6) is 2.47. The smallest absolute Gasteiger partial charge is 0.229 e. The molecule has 27 heavy (non-hydrogen) atoms. The fraction of sp³-hybridized carbons (Fsp3) is 0.200. The summed E-state index contributed by atoms with van der Waals surface area (Å²) in [6.07, 6.45) is 1.75. The van der Waals surface area contributed by atoms with Crippen LogP contribution in [0.1, 0.15) is 13.8 Å². The van der Waals surface area contributed by atoms with Gasteiger partial charge in [-0.25, -0.2) is 4.98 Å². The van der Waals surface area contributed by atoms with Crippen molar-refractivity contribution in [1.29, 1.82) is 0 Å². The van der Waals surface area contributed by atoms with Crippen molar-refractivity contribution < 1.29 is 9.47 Å². The Hall–Kier alpha value is -2.99. The molecule has 2 N–H and O–H groups in total. The van der Waals surface area contributed by atoms with Crippen LogP contribution in [-0.2, 0) is 0 Å². The largest absolute Gasteiger partial charge is 0.495 e. The Bertz CT molecular complexity index is 918. The molecule has 0 aliphatic carbocycles. The Labute approximate surface area is 163 Å². The molecule has 7 heteroatoms. The average molecular weight is 385 g/mol. The van der Waals surface area contributed by atoms with Crippen molar-refractivity contribution in [2.45, 2.75) is 20.0 Å². The van der Waals surface area contributed by atoms with Crippen LogP contribution in [-0.4, -0.2) is 23.2 Å². The van der Waals surface area contributed by atoms with Gasteiger partial charge in [-0.1, -0.05) is 23.7 Å². The third kappa shape index (κ3) is 5.01. The third-order valence-corrected chi connectivity index (χ3v) is 3.87. The van der Waals surface area contributed by atoms with Crippen LogP contribution >= 0.6 is 11.6 Å². The molecule has 2 aromatic carbocycles. The van der Waals surface area contributed by atoms with Gasteiger partial charge in [-0.05, 0) is 50.2 Å². The van der Waals surface area contributed by atoms with E-state index in [0.29, 0.717) is 22.5 Å². The highest BCUT2D eigenvalue weighted by Gasteiger charge is 2.08. The second-order valence-electron chi connectivity index (χ2n) is 6.03. The number of nitrogens with zero attached hydrogens (tertiary/aromatic N) is 2. The number of aromatic nitrogens is 2. The molecule has 0 spiro atoms. The lowest BCUT2D eigenvalue weighted by atomic mass is 10.3. The Balaban J connectivity index is 1.77. The van der Waals surface area contributed by atoms with Crippen LogP contribution in [0.3, 0.4) is 0 Å². The fourth-order valence-electron chi connectivity index (χ4n) is 2.43. The van der Waals surface area contributed by atoms with Crippen LogP contribution in [0.25, 0.3) is 0 Å². The predicted molar refractivity (Wildman–Crippen MR) is 109 cm³/mol. The Kier molecular flexibility index (Phi) is 5.98. The van der Waals surface area contributed by atoms with E-state index in [1.54, 1.807) is 31.5 Å². The zero-order valence-corrected chi connectivity index (χ0v) is 16.1. The molecule has 0 unspecified atom stereocenters. The van der Waals surface area contributed by atoms with E-state index >= 15 is 0 Å². The highest BCUT2D eigenvalue weighted by Crippen LogP contribution is 2.30. The zero-order chi connectivity index (χ0) is 19.2. The first kappa shape index (κ1) is 18.8. The molecule has 3 rings (SSSR count). The van der Waals surface area contributed by atoms with Crippen LogP contribution in [0.4, 0.5) is 23.1 Å². The van der Waals surface area contributed by atoms with Gasteiger partial charge in [-0.15, -0.1) is 0 Å². The van der Waals surface area contributed by atoms with Gasteiger partial charge in [0, 0.05) is 11.9 Å². The minimum absolute atomic E-state index is 0.0791. The molecular weight excluding hydrogens is 364 g/mol. The number of ether oxygens (including phenoxy) is 2. The molecule has 0 aliphatic rings. The summed E-state index contributed by atoms with van der Waals surface area (Å²) in [4.78, 5) is 8.74. The van der Waals surface area contributed by atoms with Crippen LogP contribution in [0, 0.1) is 0 Å². The second-order valence-corrected chi connectivity index (χ2v) is 6.43. The van der Waals surface area contributed by atoms with Crippen molar-refractivity contribution in [3.8, 4) is 11.5 Å². The Morgan fingerprint density at radius 1 is 1.00 bits per heavy atom. The lowest BCUT2D eigenvalue weighted by molar-refractivity contribution is 0.244. The number of hydrogen-bond acceptors (Lipinski definition) is 6. The molecule has 0 saturated carbocycles. The lowest BCUT2D eigenvalue weighted by Gasteiger charge is -2.15. The second kappa shape index (κ2) is 8.60. The molecule has 0 fully saturated rings. The number of para-hydroxylation sites is 2. The van der Waals surface area contributed by atoms with Crippen LogP contribution in [0.2, 0.25) is 5.02 Å². The lowest BCUT2D eigenvalue weighted by Crippen LogP contribution is -2.07. The summed E-state index contributed by atoms with van der Waals surface area (Å²) >= 11 is 6.16. The monoisotopic (exact) mass is 384 g/mol. The summed E-state index contributed by atoms with van der Waals surface area (Å²) in [7, 11) is 1.58. The van der Waals surface area contributed by atoms with E-state index in [9.17, 15) is 0 Å². The first-order valence-corrected chi connectivity index (χ1v) is 8.89. The quantitative estimate of drug-likeness (QED) is 0.567. The molecule has 0 aliphatic heterocycles. The van der Waals surface area contributed by atoms with E-state index in [1.165, 1.54) is 0 Å². The zero-order valence-electron chi connectivity index (χ0n) is 15.4. The van der Waals surface area contributed by atoms with Gasteiger partial charge in [-0.2, -0.15) is 4.98 Å². The fourth-order valence-corrected chi connectivity index (χ4v) is 2.68. The minimum Gasteiger partial charge on any atom is -0.495 e. The summed E-state index contributed by atoms with van der Waals surface area (Å²) in [6.45, 7) is 3.98. The molecule has 1 heterocycles. The third-order valence-electron chi connectivity index (χ3n) is 3.58. The molecule has 140 valence electrons. The Morgan fingerprint density at radius 3 is 2.56 bits per heavy atom. The van der Waals surface area contributed by atoms with Crippen molar-refractivity contribution >= 4 is 34.7 Å². The van der Waals surface area contributed by atoms with Crippen LogP contribution in [0.5, 0.6) is 11.5 Å². The summed E-state index contributed by atoms with van der Waals surface area (Å²) in [6, 6.07) is 14.9. The van der Waals surface area contributed by atoms with Crippen molar-refractivity contribution in [3.63, 3.8) is 0 Å². The number of rotatable bonds is 7. The van der Waals surface area contributed by atoms with Gasteiger partial charge in [0.1, 0.15) is 17.3 Å². The molecule has 0 bridgehead atoms. The minimum atomic E-state index is 0.0791. The van der Waals surface area contributed by atoms with Gasteiger partial charge in [0.2, 0.25) is 5.95 Å². The molecule has 0 radical (unpaired) electrons. The molecule has 0 atom stereocenters. The maximum Gasteiger partial charge on any atom is 0.229 e. The van der Waals surface area contributed by atoms with Crippen molar-refractivity contribution in [3.05, 3.63) is 59.8 Å². The summed E-state index contributed by atoms with van der Waals surface area (Å²) in [5, 5.41) is 6.92. The van der Waals surface area contributed by atoms with Gasteiger partial charge < -0.3 is 20.1 Å². The first-order valence-electron chi connectivity index (χ1n) is 8.51. The Morgan fingerprint density at radius 2 is 1.81 bits per heavy atom. The van der Waals surface area contributed by atoms with Gasteiger partial charge >= 0.3 is 0 Å². The van der Waals surface area contributed by atoms with Crippen molar-refractivity contribution in [1.82, 2.24) is 9.97 Å². The highest BCUT2D eigenvalue weighted by molar-refractivity contribution is 6.32. The average Bonchev–Trinajstić information content (AvgIpc) is 2.63. The molecule has 0 saturated heterocycles. The van der Waals surface area contributed by atoms with E-state index < -0.39 is 0 Å². The number of anilines is 4. The normalized spacial score (nSPS) is 10.6. The highest BCUT2D eigenvalue weighted by atomic mass is 35.5. The first-order chi connectivity index (χ1) is 13.0. The SMILES string of the molecule is COc1ccc(Nc2nccc(Nc3ccccc3OC(C)C)n2)cc1Cl.